The summed E-state index contributed by atoms with van der Waals surface area (Å²) in [5.41, 5.74) is 9.62. The van der Waals surface area contributed by atoms with Gasteiger partial charge < -0.3 is 5.32 Å². The minimum Gasteiger partial charge on any atom is -0.354 e. The first kappa shape index (κ1) is 17.2. The van der Waals surface area contributed by atoms with Crippen molar-refractivity contribution in [2.75, 3.05) is 6.54 Å². The molecule has 1 aliphatic heterocycles. The number of aryl methyl sites for hydroxylation is 2. The van der Waals surface area contributed by atoms with Crippen molar-refractivity contribution in [3.8, 4) is 0 Å². The third kappa shape index (κ3) is 3.64. The number of nitrogens with one attached hydrogen (secondary N) is 3. The van der Waals surface area contributed by atoms with Crippen molar-refractivity contribution >= 4 is 5.91 Å². The molecule has 2 fully saturated rings. The molecule has 3 N–H and O–H groups in total. The van der Waals surface area contributed by atoms with Gasteiger partial charge in [-0.2, -0.15) is 5.10 Å². The van der Waals surface area contributed by atoms with Crippen molar-refractivity contribution in [3.63, 3.8) is 0 Å². The van der Waals surface area contributed by atoms with Crippen LogP contribution >= 0.6 is 0 Å². The number of aromatic nitrogens is 3. The predicted molar refractivity (Wildman–Crippen MR) is 98.0 cm³/mol. The minimum atomic E-state index is -0.230. The van der Waals surface area contributed by atoms with Gasteiger partial charge in [0.15, 0.2) is 0 Å². The highest BCUT2D eigenvalue weighted by atomic mass is 16.2. The van der Waals surface area contributed by atoms with Crippen LogP contribution in [0.15, 0.2) is 30.5 Å². The number of pyridine rings is 1. The molecule has 2 aliphatic rings. The van der Waals surface area contributed by atoms with Crippen molar-refractivity contribution < 1.29 is 4.79 Å². The van der Waals surface area contributed by atoms with E-state index in [0.717, 1.165) is 30.8 Å². The van der Waals surface area contributed by atoms with Gasteiger partial charge in [-0.15, -0.1) is 0 Å². The fourth-order valence-corrected chi connectivity index (χ4v) is 3.62. The summed E-state index contributed by atoms with van der Waals surface area (Å²) in [7, 11) is 0. The zero-order valence-corrected chi connectivity index (χ0v) is 15.3. The zero-order valence-electron chi connectivity index (χ0n) is 15.3. The van der Waals surface area contributed by atoms with Gasteiger partial charge in [0.25, 0.3) is 0 Å². The Bertz CT molecular complexity index is 783. The van der Waals surface area contributed by atoms with Crippen molar-refractivity contribution in [2.24, 2.45) is 5.41 Å². The van der Waals surface area contributed by atoms with Crippen molar-refractivity contribution in [1.82, 2.24) is 30.9 Å². The van der Waals surface area contributed by atoms with Crippen LogP contribution in [0.5, 0.6) is 0 Å². The molecule has 7 nitrogen and oxygen atoms in total. The van der Waals surface area contributed by atoms with Crippen LogP contribution < -0.4 is 16.2 Å². The maximum absolute atomic E-state index is 12.6. The molecule has 2 aromatic heterocycles. The van der Waals surface area contributed by atoms with Gasteiger partial charge in [-0.3, -0.25) is 14.5 Å². The lowest BCUT2D eigenvalue weighted by Crippen LogP contribution is -2.45. The molecular formula is C19H26N6O. The van der Waals surface area contributed by atoms with E-state index < -0.39 is 0 Å². The Labute approximate surface area is 153 Å². The fraction of sp³-hybridized carbons (Fsp3) is 0.526. The largest absolute Gasteiger partial charge is 0.354 e. The Morgan fingerprint density at radius 3 is 2.85 bits per heavy atom. The van der Waals surface area contributed by atoms with Crippen LogP contribution in [0.1, 0.15) is 42.4 Å². The van der Waals surface area contributed by atoms with Gasteiger partial charge in [0.05, 0.1) is 17.4 Å². The quantitative estimate of drug-likeness (QED) is 0.730. The molecule has 3 heterocycles. The second-order valence-electron chi connectivity index (χ2n) is 7.69. The molecule has 138 valence electrons. The van der Waals surface area contributed by atoms with E-state index in [4.69, 9.17) is 0 Å². The molecule has 2 unspecified atom stereocenters. The van der Waals surface area contributed by atoms with Crippen LogP contribution in [0, 0.1) is 19.3 Å². The van der Waals surface area contributed by atoms with Gasteiger partial charge in [0, 0.05) is 30.4 Å². The SMILES string of the molecule is Cc1cc(C)n(CC2(CNC(=O)C3CC(c4ccccn4)NN3)CC2)n1. The van der Waals surface area contributed by atoms with Crippen molar-refractivity contribution in [3.05, 3.63) is 47.5 Å². The number of amides is 1. The maximum Gasteiger partial charge on any atom is 0.238 e. The van der Waals surface area contributed by atoms with E-state index in [-0.39, 0.29) is 23.4 Å². The third-order valence-corrected chi connectivity index (χ3v) is 5.45. The van der Waals surface area contributed by atoms with Gasteiger partial charge in [-0.1, -0.05) is 6.07 Å². The van der Waals surface area contributed by atoms with Crippen molar-refractivity contribution in [2.45, 2.75) is 51.7 Å². The first-order valence-electron chi connectivity index (χ1n) is 9.25. The molecule has 0 spiro atoms. The molecule has 1 saturated heterocycles. The molecular weight excluding hydrogens is 328 g/mol. The summed E-state index contributed by atoms with van der Waals surface area (Å²) < 4.78 is 2.07. The summed E-state index contributed by atoms with van der Waals surface area (Å²) in [4.78, 5) is 16.9. The topological polar surface area (TPSA) is 83.9 Å². The Morgan fingerprint density at radius 1 is 1.35 bits per heavy atom. The van der Waals surface area contributed by atoms with Crippen molar-refractivity contribution in [1.29, 1.82) is 0 Å². The van der Waals surface area contributed by atoms with Crippen LogP contribution in [0.3, 0.4) is 0 Å². The lowest BCUT2D eigenvalue weighted by atomic mass is 10.0. The van der Waals surface area contributed by atoms with Gasteiger partial charge in [-0.25, -0.2) is 10.9 Å². The Kier molecular flexibility index (Phi) is 4.50. The molecule has 4 rings (SSSR count). The normalized spacial score (nSPS) is 23.8. The van der Waals surface area contributed by atoms with E-state index in [9.17, 15) is 4.79 Å². The molecule has 0 radical (unpaired) electrons. The second-order valence-corrected chi connectivity index (χ2v) is 7.69. The number of hydrogen-bond donors (Lipinski definition) is 3. The molecule has 0 bridgehead atoms. The highest BCUT2D eigenvalue weighted by molar-refractivity contribution is 5.82. The van der Waals surface area contributed by atoms with E-state index >= 15 is 0 Å². The average Bonchev–Trinajstić information content (AvgIpc) is 3.08. The monoisotopic (exact) mass is 354 g/mol. The Balaban J connectivity index is 1.30. The third-order valence-electron chi connectivity index (χ3n) is 5.45. The maximum atomic E-state index is 12.6. The molecule has 2 atom stereocenters. The van der Waals surface area contributed by atoms with E-state index in [1.807, 2.05) is 25.1 Å². The van der Waals surface area contributed by atoms with Crippen LogP contribution in [-0.2, 0) is 11.3 Å². The van der Waals surface area contributed by atoms with Gasteiger partial charge in [0.2, 0.25) is 5.91 Å². The summed E-state index contributed by atoms with van der Waals surface area (Å²) in [6, 6.07) is 7.78. The van der Waals surface area contributed by atoms with Gasteiger partial charge in [0.1, 0.15) is 6.04 Å². The summed E-state index contributed by atoms with van der Waals surface area (Å²) in [5, 5.41) is 7.70. The van der Waals surface area contributed by atoms with Crippen LogP contribution in [0.4, 0.5) is 0 Å². The standard InChI is InChI=1S/C19H26N6O/c1-13-9-14(2)25(24-13)12-19(6-7-19)11-21-18(26)17-10-16(22-23-17)15-5-3-4-8-20-15/h3-5,8-9,16-17,22-23H,6-7,10-12H2,1-2H3,(H,21,26). The summed E-state index contributed by atoms with van der Waals surface area (Å²) in [6.07, 6.45) is 4.75. The number of carbonyl (C=O) groups excluding carboxylic acids is 1. The second kappa shape index (κ2) is 6.81. The van der Waals surface area contributed by atoms with Crippen LogP contribution in [-0.4, -0.2) is 33.3 Å². The smallest absolute Gasteiger partial charge is 0.238 e. The van der Waals surface area contributed by atoms with Crippen LogP contribution in [0.25, 0.3) is 0 Å². The number of hydrogen-bond acceptors (Lipinski definition) is 5. The molecule has 7 heteroatoms. The average molecular weight is 354 g/mol. The first-order valence-corrected chi connectivity index (χ1v) is 9.25. The summed E-state index contributed by atoms with van der Waals surface area (Å²) in [5.74, 6) is 0.0515. The number of rotatable bonds is 6. The molecule has 1 saturated carbocycles. The molecule has 1 amide bonds. The minimum absolute atomic E-state index is 0.0515. The summed E-state index contributed by atoms with van der Waals surface area (Å²) >= 11 is 0. The van der Waals surface area contributed by atoms with E-state index in [1.54, 1.807) is 6.20 Å². The first-order chi connectivity index (χ1) is 12.5. The number of carbonyl (C=O) groups is 1. The molecule has 1 aliphatic carbocycles. The Morgan fingerprint density at radius 2 is 2.19 bits per heavy atom. The van der Waals surface area contributed by atoms with E-state index in [2.05, 4.69) is 43.9 Å². The Hall–Kier alpha value is -2.25. The van der Waals surface area contributed by atoms with Gasteiger partial charge >= 0.3 is 0 Å². The lowest BCUT2D eigenvalue weighted by molar-refractivity contribution is -0.123. The predicted octanol–water partition coefficient (Wildman–Crippen LogP) is 1.40. The molecule has 26 heavy (non-hydrogen) atoms. The lowest BCUT2D eigenvalue weighted by Gasteiger charge is -2.18. The highest BCUT2D eigenvalue weighted by Crippen LogP contribution is 2.46. The highest BCUT2D eigenvalue weighted by Gasteiger charge is 2.44. The van der Waals surface area contributed by atoms with Crippen LogP contribution in [0.2, 0.25) is 0 Å². The molecule has 2 aromatic rings. The van der Waals surface area contributed by atoms with Gasteiger partial charge in [-0.05, 0) is 51.3 Å². The zero-order chi connectivity index (χ0) is 18.1. The van der Waals surface area contributed by atoms with E-state index in [1.165, 1.54) is 5.69 Å². The number of nitrogens with zero attached hydrogens (tertiary/aromatic N) is 3. The summed E-state index contributed by atoms with van der Waals surface area (Å²) in [6.45, 7) is 5.68. The van der Waals surface area contributed by atoms with E-state index in [0.29, 0.717) is 13.0 Å². The fourth-order valence-electron chi connectivity index (χ4n) is 3.62. The molecule has 0 aromatic carbocycles. The number of hydrazine groups is 1.